The minimum Gasteiger partial charge on any atom is -0.493 e. The van der Waals surface area contributed by atoms with Crippen molar-refractivity contribution in [1.82, 2.24) is 0 Å². The van der Waals surface area contributed by atoms with Gasteiger partial charge < -0.3 is 9.47 Å². The van der Waals surface area contributed by atoms with Crippen LogP contribution >= 0.6 is 0 Å². The van der Waals surface area contributed by atoms with Gasteiger partial charge >= 0.3 is 0 Å². The first-order chi connectivity index (χ1) is 15.1. The molecule has 10 heteroatoms. The van der Waals surface area contributed by atoms with Crippen LogP contribution in [0.2, 0.25) is 0 Å². The molecule has 8 nitrogen and oxygen atoms in total. The molecule has 2 N–H and O–H groups in total. The van der Waals surface area contributed by atoms with Gasteiger partial charge in [0.1, 0.15) is 0 Å². The smallest absolute Gasteiger partial charge is 0.262 e. The number of ether oxygens (including phenoxy) is 2. The van der Waals surface area contributed by atoms with Crippen LogP contribution < -0.4 is 18.9 Å². The normalized spacial score (nSPS) is 11.6. The van der Waals surface area contributed by atoms with Crippen LogP contribution in [-0.4, -0.2) is 31.1 Å². The zero-order chi connectivity index (χ0) is 23.5. The minimum atomic E-state index is -4.01. The first kappa shape index (κ1) is 23.4. The second-order valence-electron chi connectivity index (χ2n) is 7.08. The molecule has 0 bridgehead atoms. The summed E-state index contributed by atoms with van der Waals surface area (Å²) in [5.74, 6) is 0.641. The molecular formula is C22H24N2O6S2. The Bertz CT molecular complexity index is 1350. The monoisotopic (exact) mass is 476 g/mol. The molecule has 0 amide bonds. The van der Waals surface area contributed by atoms with Crippen LogP contribution in [0.15, 0.2) is 70.5 Å². The zero-order valence-corrected chi connectivity index (χ0v) is 19.7. The maximum absolute atomic E-state index is 13.0. The van der Waals surface area contributed by atoms with Gasteiger partial charge in [0.25, 0.3) is 20.0 Å². The Hall–Kier alpha value is -3.24. The highest BCUT2D eigenvalue weighted by Gasteiger charge is 2.21. The van der Waals surface area contributed by atoms with Crippen molar-refractivity contribution in [3.05, 3.63) is 71.8 Å². The SMILES string of the molecule is COc1ccc(S(=O)(=O)Nc2ccc(C)c(S(=O)(=O)Nc3cccc(C)c3)c2)cc1OC. The lowest BCUT2D eigenvalue weighted by atomic mass is 10.2. The summed E-state index contributed by atoms with van der Waals surface area (Å²) in [5, 5.41) is 0. The molecule has 0 atom stereocenters. The van der Waals surface area contributed by atoms with Crippen molar-refractivity contribution in [3.63, 3.8) is 0 Å². The van der Waals surface area contributed by atoms with Crippen LogP contribution in [0, 0.1) is 13.8 Å². The van der Waals surface area contributed by atoms with E-state index in [1.807, 2.05) is 13.0 Å². The maximum Gasteiger partial charge on any atom is 0.262 e. The van der Waals surface area contributed by atoms with E-state index in [0.717, 1.165) is 5.56 Å². The molecule has 3 aromatic carbocycles. The fraction of sp³-hybridized carbons (Fsp3) is 0.182. The number of hydrogen-bond acceptors (Lipinski definition) is 6. The Morgan fingerprint density at radius 1 is 0.688 bits per heavy atom. The van der Waals surface area contributed by atoms with Crippen molar-refractivity contribution in [2.45, 2.75) is 23.6 Å². The molecule has 0 saturated heterocycles. The molecule has 0 heterocycles. The minimum absolute atomic E-state index is 0.0356. The van der Waals surface area contributed by atoms with Gasteiger partial charge in [0.2, 0.25) is 0 Å². The molecule has 0 saturated carbocycles. The van der Waals surface area contributed by atoms with Gasteiger partial charge in [0.05, 0.1) is 29.7 Å². The van der Waals surface area contributed by atoms with Crippen molar-refractivity contribution < 1.29 is 26.3 Å². The van der Waals surface area contributed by atoms with Gasteiger partial charge in [-0.05, 0) is 61.4 Å². The molecule has 0 spiro atoms. The number of aryl methyl sites for hydroxylation is 2. The molecule has 170 valence electrons. The number of methoxy groups -OCH3 is 2. The largest absolute Gasteiger partial charge is 0.493 e. The van der Waals surface area contributed by atoms with Gasteiger partial charge in [-0.1, -0.05) is 18.2 Å². The van der Waals surface area contributed by atoms with E-state index in [4.69, 9.17) is 9.47 Å². The summed E-state index contributed by atoms with van der Waals surface area (Å²) in [5.41, 5.74) is 1.90. The molecule has 0 fully saturated rings. The summed E-state index contributed by atoms with van der Waals surface area (Å²) in [6.07, 6.45) is 0. The van der Waals surface area contributed by atoms with Gasteiger partial charge in [0, 0.05) is 11.8 Å². The first-order valence-electron chi connectivity index (χ1n) is 9.51. The average molecular weight is 477 g/mol. The Balaban J connectivity index is 1.93. The van der Waals surface area contributed by atoms with Crippen LogP contribution in [-0.2, 0) is 20.0 Å². The van der Waals surface area contributed by atoms with Crippen LogP contribution in [0.25, 0.3) is 0 Å². The van der Waals surface area contributed by atoms with Crippen molar-refractivity contribution in [2.24, 2.45) is 0 Å². The summed E-state index contributed by atoms with van der Waals surface area (Å²) in [7, 11) is -5.11. The van der Waals surface area contributed by atoms with Gasteiger partial charge in [-0.2, -0.15) is 0 Å². The third-order valence-electron chi connectivity index (χ3n) is 4.67. The molecular weight excluding hydrogens is 452 g/mol. The van der Waals surface area contributed by atoms with E-state index in [1.165, 1.54) is 50.6 Å². The molecule has 3 rings (SSSR count). The summed E-state index contributed by atoms with van der Waals surface area (Å²) in [6, 6.07) is 15.4. The highest BCUT2D eigenvalue weighted by Crippen LogP contribution is 2.31. The van der Waals surface area contributed by atoms with Crippen LogP contribution in [0.4, 0.5) is 11.4 Å². The molecule has 3 aromatic rings. The third kappa shape index (κ3) is 5.14. The fourth-order valence-corrected chi connectivity index (χ4v) is 5.46. The summed E-state index contributed by atoms with van der Waals surface area (Å²) in [6.45, 7) is 3.49. The van der Waals surface area contributed by atoms with Crippen molar-refractivity contribution >= 4 is 31.4 Å². The van der Waals surface area contributed by atoms with E-state index in [-0.39, 0.29) is 21.2 Å². The molecule has 0 aliphatic carbocycles. The summed E-state index contributed by atoms with van der Waals surface area (Å²) < 4.78 is 66.9. The Labute approximate surface area is 188 Å². The van der Waals surface area contributed by atoms with E-state index < -0.39 is 20.0 Å². The van der Waals surface area contributed by atoms with E-state index in [0.29, 0.717) is 17.0 Å². The van der Waals surface area contributed by atoms with Gasteiger partial charge in [-0.25, -0.2) is 16.8 Å². The lowest BCUT2D eigenvalue weighted by molar-refractivity contribution is 0.354. The first-order valence-corrected chi connectivity index (χ1v) is 12.5. The highest BCUT2D eigenvalue weighted by atomic mass is 32.2. The van der Waals surface area contributed by atoms with E-state index >= 15 is 0 Å². The molecule has 0 aliphatic rings. The van der Waals surface area contributed by atoms with Gasteiger partial charge in [-0.15, -0.1) is 0 Å². The van der Waals surface area contributed by atoms with Crippen LogP contribution in [0.3, 0.4) is 0 Å². The second kappa shape index (κ2) is 9.09. The van der Waals surface area contributed by atoms with Crippen molar-refractivity contribution in [2.75, 3.05) is 23.7 Å². The van der Waals surface area contributed by atoms with Gasteiger partial charge in [0.15, 0.2) is 11.5 Å². The quantitative estimate of drug-likeness (QED) is 0.510. The van der Waals surface area contributed by atoms with Crippen molar-refractivity contribution in [3.8, 4) is 11.5 Å². The average Bonchev–Trinajstić information content (AvgIpc) is 2.74. The zero-order valence-electron chi connectivity index (χ0n) is 18.0. The lowest BCUT2D eigenvalue weighted by Crippen LogP contribution is -2.16. The predicted molar refractivity (Wildman–Crippen MR) is 124 cm³/mol. The Morgan fingerprint density at radius 2 is 1.34 bits per heavy atom. The molecule has 0 unspecified atom stereocenters. The van der Waals surface area contributed by atoms with E-state index in [2.05, 4.69) is 9.44 Å². The number of hydrogen-bond donors (Lipinski definition) is 2. The topological polar surface area (TPSA) is 111 Å². The van der Waals surface area contributed by atoms with Crippen LogP contribution in [0.1, 0.15) is 11.1 Å². The van der Waals surface area contributed by atoms with Crippen molar-refractivity contribution in [1.29, 1.82) is 0 Å². The van der Waals surface area contributed by atoms with Crippen LogP contribution in [0.5, 0.6) is 11.5 Å². The van der Waals surface area contributed by atoms with E-state index in [1.54, 1.807) is 25.1 Å². The number of benzene rings is 3. The number of anilines is 2. The van der Waals surface area contributed by atoms with E-state index in [9.17, 15) is 16.8 Å². The van der Waals surface area contributed by atoms with Gasteiger partial charge in [-0.3, -0.25) is 9.44 Å². The lowest BCUT2D eigenvalue weighted by Gasteiger charge is -2.14. The second-order valence-corrected chi connectivity index (χ2v) is 10.4. The molecule has 0 aliphatic heterocycles. The number of rotatable bonds is 8. The standard InChI is InChI=1S/C22H24N2O6S2/c1-15-6-5-7-17(12-15)24-32(27,28)22-13-18(9-8-16(22)2)23-31(25,26)19-10-11-20(29-3)21(14-19)30-4/h5-14,23-24H,1-4H3. The third-order valence-corrected chi connectivity index (χ3v) is 7.57. The summed E-state index contributed by atoms with van der Waals surface area (Å²) in [4.78, 5) is -0.0930. The predicted octanol–water partition coefficient (Wildman–Crippen LogP) is 3.92. The summed E-state index contributed by atoms with van der Waals surface area (Å²) >= 11 is 0. The highest BCUT2D eigenvalue weighted by molar-refractivity contribution is 7.93. The molecule has 0 radical (unpaired) electrons. The Kier molecular flexibility index (Phi) is 6.65. The Morgan fingerprint density at radius 3 is 2.00 bits per heavy atom. The molecule has 32 heavy (non-hydrogen) atoms. The molecule has 0 aromatic heterocycles. The maximum atomic E-state index is 13.0. The number of nitrogens with one attached hydrogen (secondary N) is 2. The fourth-order valence-electron chi connectivity index (χ4n) is 3.07. The number of sulfonamides is 2.